The van der Waals surface area contributed by atoms with Gasteiger partial charge in [0.15, 0.2) is 0 Å². The zero-order chi connectivity index (χ0) is 23.3. The number of nitro groups is 1. The number of hydrogen-bond donors (Lipinski definition) is 2. The second kappa shape index (κ2) is 9.92. The van der Waals surface area contributed by atoms with Gasteiger partial charge in [0.2, 0.25) is 0 Å². The topological polar surface area (TPSA) is 137 Å². The van der Waals surface area contributed by atoms with Crippen LogP contribution < -0.4 is 10.6 Å². The van der Waals surface area contributed by atoms with Crippen LogP contribution in [0.1, 0.15) is 28.9 Å². The number of nitrogens with one attached hydrogen (secondary N) is 2. The summed E-state index contributed by atoms with van der Waals surface area (Å²) in [5.74, 6) is -1.59. The molecular weight excluding hydrogens is 442 g/mol. The predicted octanol–water partition coefficient (Wildman–Crippen LogP) is 3.28. The van der Waals surface area contributed by atoms with Crippen molar-refractivity contribution in [1.82, 2.24) is 10.6 Å². The molecule has 0 aromatic heterocycles. The summed E-state index contributed by atoms with van der Waals surface area (Å²) in [5, 5.41) is 16.0. The molecule has 0 fully saturated rings. The van der Waals surface area contributed by atoms with Gasteiger partial charge < -0.3 is 20.1 Å². The Kier molecular flexibility index (Phi) is 7.06. The molecule has 1 unspecified atom stereocenters. The molecule has 1 heterocycles. The molecule has 2 N–H and O–H groups in total. The molecule has 11 heteroatoms. The first-order valence-electron chi connectivity index (χ1n) is 9.45. The third kappa shape index (κ3) is 5.03. The van der Waals surface area contributed by atoms with Gasteiger partial charge in [-0.3, -0.25) is 10.1 Å². The Morgan fingerprint density at radius 2 is 1.84 bits per heavy atom. The van der Waals surface area contributed by atoms with Crippen LogP contribution in [0.25, 0.3) is 0 Å². The Labute approximate surface area is 187 Å². The van der Waals surface area contributed by atoms with Crippen molar-refractivity contribution in [2.75, 3.05) is 13.2 Å². The number of halogens is 1. The first kappa shape index (κ1) is 22.8. The normalized spacial score (nSPS) is 15.4. The molecule has 0 spiro atoms. The van der Waals surface area contributed by atoms with E-state index in [2.05, 4.69) is 10.6 Å². The molecule has 0 saturated heterocycles. The van der Waals surface area contributed by atoms with Gasteiger partial charge in [0, 0.05) is 6.07 Å². The molecule has 2 aromatic rings. The van der Waals surface area contributed by atoms with Crippen LogP contribution in [0, 0.1) is 10.1 Å². The van der Waals surface area contributed by atoms with E-state index >= 15 is 0 Å². The largest absolute Gasteiger partial charge is 0.463 e. The smallest absolute Gasteiger partial charge is 0.338 e. The van der Waals surface area contributed by atoms with Crippen molar-refractivity contribution in [2.45, 2.75) is 13.0 Å². The quantitative estimate of drug-likeness (QED) is 0.368. The lowest BCUT2D eigenvalue weighted by Crippen LogP contribution is -2.47. The number of rotatable bonds is 7. The minimum atomic E-state index is -0.899. The summed E-state index contributed by atoms with van der Waals surface area (Å²) in [6.45, 7) is 1.26. The van der Waals surface area contributed by atoms with Crippen LogP contribution in [0.3, 0.4) is 0 Å². The van der Waals surface area contributed by atoms with Gasteiger partial charge >= 0.3 is 18.0 Å². The molecule has 0 aliphatic carbocycles. The second-order valence-electron chi connectivity index (χ2n) is 6.55. The maximum absolute atomic E-state index is 12.7. The maximum Gasteiger partial charge on any atom is 0.338 e. The molecule has 3 rings (SSSR count). The van der Waals surface area contributed by atoms with E-state index in [-0.39, 0.29) is 28.5 Å². The molecule has 32 heavy (non-hydrogen) atoms. The molecule has 0 saturated carbocycles. The van der Waals surface area contributed by atoms with Crippen molar-refractivity contribution < 1.29 is 28.8 Å². The summed E-state index contributed by atoms with van der Waals surface area (Å²) in [4.78, 5) is 47.7. The summed E-state index contributed by atoms with van der Waals surface area (Å²) < 4.78 is 10.3. The number of esters is 2. The summed E-state index contributed by atoms with van der Waals surface area (Å²) in [6, 6.07) is 10.8. The molecule has 1 aliphatic rings. The van der Waals surface area contributed by atoms with Gasteiger partial charge in [-0.1, -0.05) is 41.9 Å². The van der Waals surface area contributed by atoms with Crippen molar-refractivity contribution >= 4 is 35.3 Å². The highest BCUT2D eigenvalue weighted by Gasteiger charge is 2.34. The fourth-order valence-corrected chi connectivity index (χ4v) is 3.26. The summed E-state index contributed by atoms with van der Waals surface area (Å²) in [7, 11) is 0. The number of ether oxygens (including phenoxy) is 2. The molecule has 0 bridgehead atoms. The van der Waals surface area contributed by atoms with Crippen molar-refractivity contribution in [2.24, 2.45) is 0 Å². The molecule has 166 valence electrons. The Morgan fingerprint density at radius 1 is 1.12 bits per heavy atom. The number of amides is 2. The minimum Gasteiger partial charge on any atom is -0.463 e. The number of benzene rings is 2. The van der Waals surface area contributed by atoms with Crippen LogP contribution in [0.4, 0.5) is 10.5 Å². The third-order valence-corrected chi connectivity index (χ3v) is 4.83. The number of carbonyl (C=O) groups is 3. The van der Waals surface area contributed by atoms with E-state index in [0.717, 1.165) is 6.07 Å². The van der Waals surface area contributed by atoms with Gasteiger partial charge in [-0.05, 0) is 24.6 Å². The third-order valence-electron chi connectivity index (χ3n) is 4.51. The Balaban J connectivity index is 1.91. The van der Waals surface area contributed by atoms with E-state index in [1.54, 1.807) is 37.3 Å². The SMILES string of the molecule is CCOC(=O)C1=C(COC(=O)c2ccc(Cl)c([N+](=O)[O-])c2)NC(=O)NC1c1ccccc1. The molecule has 0 radical (unpaired) electrons. The van der Waals surface area contributed by atoms with Crippen LogP contribution in [-0.2, 0) is 14.3 Å². The van der Waals surface area contributed by atoms with E-state index in [9.17, 15) is 24.5 Å². The Hall–Kier alpha value is -3.92. The van der Waals surface area contributed by atoms with E-state index < -0.39 is 41.2 Å². The van der Waals surface area contributed by atoms with Crippen LogP contribution in [-0.4, -0.2) is 36.1 Å². The van der Waals surface area contributed by atoms with Crippen molar-refractivity contribution in [3.05, 3.63) is 86.1 Å². The number of nitrogens with zero attached hydrogens (tertiary/aromatic N) is 1. The molecule has 1 atom stereocenters. The minimum absolute atomic E-state index is 0.0397. The van der Waals surface area contributed by atoms with Crippen molar-refractivity contribution in [3.63, 3.8) is 0 Å². The van der Waals surface area contributed by atoms with Gasteiger partial charge in [-0.2, -0.15) is 0 Å². The number of nitro benzene ring substituents is 1. The summed E-state index contributed by atoms with van der Waals surface area (Å²) in [6.07, 6.45) is 0. The lowest BCUT2D eigenvalue weighted by Gasteiger charge is -2.29. The number of carbonyl (C=O) groups excluding carboxylic acids is 3. The van der Waals surface area contributed by atoms with E-state index in [1.807, 2.05) is 0 Å². The first-order valence-corrected chi connectivity index (χ1v) is 9.83. The molecule has 10 nitrogen and oxygen atoms in total. The van der Waals surface area contributed by atoms with Gasteiger partial charge in [0.1, 0.15) is 11.6 Å². The molecule has 2 amide bonds. The molecule has 1 aliphatic heterocycles. The van der Waals surface area contributed by atoms with Crippen molar-refractivity contribution in [1.29, 1.82) is 0 Å². The van der Waals surface area contributed by atoms with Crippen LogP contribution in [0.5, 0.6) is 0 Å². The zero-order valence-corrected chi connectivity index (χ0v) is 17.5. The zero-order valence-electron chi connectivity index (χ0n) is 16.8. The number of hydrogen-bond acceptors (Lipinski definition) is 7. The van der Waals surface area contributed by atoms with Gasteiger partial charge in [0.05, 0.1) is 34.4 Å². The van der Waals surface area contributed by atoms with Crippen LogP contribution in [0.15, 0.2) is 59.8 Å². The average molecular weight is 460 g/mol. The Morgan fingerprint density at radius 3 is 2.50 bits per heavy atom. The highest BCUT2D eigenvalue weighted by atomic mass is 35.5. The lowest BCUT2D eigenvalue weighted by atomic mass is 9.95. The Bertz CT molecular complexity index is 1100. The highest BCUT2D eigenvalue weighted by Crippen LogP contribution is 2.28. The van der Waals surface area contributed by atoms with E-state index in [0.29, 0.717) is 5.56 Å². The molecule has 2 aromatic carbocycles. The standard InChI is InChI=1S/C21H18ClN3O7/c1-2-31-20(27)17-15(23-21(28)24-18(17)12-6-4-3-5-7-12)11-32-19(26)13-8-9-14(22)16(10-13)25(29)30/h3-10,18H,2,11H2,1H3,(H2,23,24,28). The summed E-state index contributed by atoms with van der Waals surface area (Å²) >= 11 is 5.76. The van der Waals surface area contributed by atoms with Gasteiger partial charge in [-0.15, -0.1) is 0 Å². The first-order chi connectivity index (χ1) is 15.3. The number of urea groups is 1. The highest BCUT2D eigenvalue weighted by molar-refractivity contribution is 6.32. The second-order valence-corrected chi connectivity index (χ2v) is 6.96. The van der Waals surface area contributed by atoms with Crippen molar-refractivity contribution in [3.8, 4) is 0 Å². The van der Waals surface area contributed by atoms with Crippen LogP contribution in [0.2, 0.25) is 5.02 Å². The average Bonchev–Trinajstić information content (AvgIpc) is 2.77. The van der Waals surface area contributed by atoms with E-state index in [4.69, 9.17) is 21.1 Å². The fraction of sp³-hybridized carbons (Fsp3) is 0.190. The molecular formula is C21H18ClN3O7. The fourth-order valence-electron chi connectivity index (χ4n) is 3.08. The van der Waals surface area contributed by atoms with Gasteiger partial charge in [0.25, 0.3) is 5.69 Å². The lowest BCUT2D eigenvalue weighted by molar-refractivity contribution is -0.384. The van der Waals surface area contributed by atoms with Crippen LogP contribution >= 0.6 is 11.6 Å². The predicted molar refractivity (Wildman–Crippen MR) is 113 cm³/mol. The van der Waals surface area contributed by atoms with Gasteiger partial charge in [-0.25, -0.2) is 14.4 Å². The summed E-state index contributed by atoms with van der Waals surface area (Å²) in [5.41, 5.74) is 0.180. The van der Waals surface area contributed by atoms with E-state index in [1.165, 1.54) is 12.1 Å². The monoisotopic (exact) mass is 459 g/mol. The maximum atomic E-state index is 12.7.